The normalized spacial score (nSPS) is 10.3. The van der Waals surface area contributed by atoms with Gasteiger partial charge < -0.3 is 10.1 Å². The molecule has 1 amide bonds. The minimum atomic E-state index is -0.815. The van der Waals surface area contributed by atoms with Crippen LogP contribution in [-0.2, 0) is 9.53 Å². The molecule has 0 bridgehead atoms. The van der Waals surface area contributed by atoms with Gasteiger partial charge in [0.1, 0.15) is 5.82 Å². The number of halogens is 2. The van der Waals surface area contributed by atoms with Crippen molar-refractivity contribution in [1.82, 2.24) is 0 Å². The van der Waals surface area contributed by atoms with Crippen LogP contribution in [0.15, 0.2) is 72.8 Å². The monoisotopic (exact) mass is 411 g/mol. The third-order valence-electron chi connectivity index (χ3n) is 3.97. The topological polar surface area (TPSA) is 72.5 Å². The van der Waals surface area contributed by atoms with Crippen molar-refractivity contribution < 1.29 is 23.5 Å². The molecule has 0 aliphatic carbocycles. The molecule has 1 N–H and O–H groups in total. The number of ketones is 1. The van der Waals surface area contributed by atoms with E-state index in [1.165, 1.54) is 18.2 Å². The maximum Gasteiger partial charge on any atom is 0.339 e. The molecule has 0 saturated heterocycles. The highest BCUT2D eigenvalue weighted by Gasteiger charge is 2.20. The first kappa shape index (κ1) is 20.2. The number of carbonyl (C=O) groups is 3. The Balaban J connectivity index is 1.68. The molecule has 0 spiro atoms. The Bertz CT molecular complexity index is 1070. The summed E-state index contributed by atoms with van der Waals surface area (Å²) in [7, 11) is 0. The second-order valence-electron chi connectivity index (χ2n) is 5.99. The lowest BCUT2D eigenvalue weighted by Crippen LogP contribution is -2.22. The van der Waals surface area contributed by atoms with Gasteiger partial charge in [0.2, 0.25) is 0 Å². The Kier molecular flexibility index (Phi) is 6.36. The van der Waals surface area contributed by atoms with Crippen LogP contribution in [0.5, 0.6) is 0 Å². The predicted molar refractivity (Wildman–Crippen MR) is 107 cm³/mol. The van der Waals surface area contributed by atoms with Crippen molar-refractivity contribution in [3.63, 3.8) is 0 Å². The minimum Gasteiger partial charge on any atom is -0.452 e. The molecule has 5 nitrogen and oxygen atoms in total. The number of benzene rings is 3. The number of hydrogen-bond acceptors (Lipinski definition) is 4. The van der Waals surface area contributed by atoms with Crippen LogP contribution in [0.2, 0.25) is 5.02 Å². The van der Waals surface area contributed by atoms with Crippen LogP contribution in [0.4, 0.5) is 10.1 Å². The molecule has 0 heterocycles. The van der Waals surface area contributed by atoms with Crippen molar-refractivity contribution in [1.29, 1.82) is 0 Å². The molecule has 3 aromatic rings. The van der Waals surface area contributed by atoms with E-state index in [4.69, 9.17) is 16.3 Å². The smallest absolute Gasteiger partial charge is 0.339 e. The highest BCUT2D eigenvalue weighted by atomic mass is 35.5. The number of amides is 1. The summed E-state index contributed by atoms with van der Waals surface area (Å²) in [5, 5.41) is 2.44. The summed E-state index contributed by atoms with van der Waals surface area (Å²) in [5.41, 5.74) is 0.838. The number of nitrogens with one attached hydrogen (secondary N) is 1. The van der Waals surface area contributed by atoms with E-state index in [-0.39, 0.29) is 27.6 Å². The zero-order valence-corrected chi connectivity index (χ0v) is 15.8. The van der Waals surface area contributed by atoms with Gasteiger partial charge in [-0.05, 0) is 24.3 Å². The first-order valence-corrected chi connectivity index (χ1v) is 8.94. The highest BCUT2D eigenvalue weighted by molar-refractivity contribution is 6.33. The van der Waals surface area contributed by atoms with Crippen molar-refractivity contribution in [3.8, 4) is 0 Å². The van der Waals surface area contributed by atoms with Crippen molar-refractivity contribution >= 4 is 34.9 Å². The summed E-state index contributed by atoms with van der Waals surface area (Å²) >= 11 is 5.85. The number of carbonyl (C=O) groups excluding carboxylic acids is 3. The van der Waals surface area contributed by atoms with Gasteiger partial charge in [-0.1, -0.05) is 60.1 Å². The van der Waals surface area contributed by atoms with Crippen molar-refractivity contribution in [2.75, 3.05) is 11.9 Å². The standard InChI is InChI=1S/C22H15ClFNO4/c23-18-12-15(24)10-11-19(18)25-20(26)13-29-22(28)17-9-5-4-8-16(17)21(27)14-6-2-1-3-7-14/h1-12H,13H2,(H,25,26). The van der Waals surface area contributed by atoms with Gasteiger partial charge in [-0.25, -0.2) is 9.18 Å². The van der Waals surface area contributed by atoms with Gasteiger partial charge in [0.15, 0.2) is 12.4 Å². The number of esters is 1. The first-order chi connectivity index (χ1) is 14.0. The quantitative estimate of drug-likeness (QED) is 0.478. The zero-order valence-electron chi connectivity index (χ0n) is 15.0. The molecule has 0 atom stereocenters. The summed E-state index contributed by atoms with van der Waals surface area (Å²) in [6, 6.07) is 18.2. The van der Waals surface area contributed by atoms with Gasteiger partial charge in [-0.15, -0.1) is 0 Å². The summed E-state index contributed by atoms with van der Waals surface area (Å²) in [6.07, 6.45) is 0. The SMILES string of the molecule is O=C(COC(=O)c1ccccc1C(=O)c1ccccc1)Nc1ccc(F)cc1Cl. The summed E-state index contributed by atoms with van der Waals surface area (Å²) in [5.74, 6) is -2.34. The molecule has 0 fully saturated rings. The van der Waals surface area contributed by atoms with Gasteiger partial charge in [0, 0.05) is 11.1 Å². The maximum absolute atomic E-state index is 13.1. The van der Waals surface area contributed by atoms with E-state index >= 15 is 0 Å². The molecular weight excluding hydrogens is 397 g/mol. The summed E-state index contributed by atoms with van der Waals surface area (Å²) in [6.45, 7) is -0.597. The van der Waals surface area contributed by atoms with E-state index in [0.717, 1.165) is 12.1 Å². The minimum absolute atomic E-state index is 0.0171. The van der Waals surface area contributed by atoms with E-state index in [2.05, 4.69) is 5.32 Å². The average molecular weight is 412 g/mol. The maximum atomic E-state index is 13.1. The number of ether oxygens (including phenoxy) is 1. The number of anilines is 1. The second-order valence-corrected chi connectivity index (χ2v) is 6.40. The molecule has 3 aromatic carbocycles. The Morgan fingerprint density at radius 2 is 1.55 bits per heavy atom. The highest BCUT2D eigenvalue weighted by Crippen LogP contribution is 2.22. The average Bonchev–Trinajstić information content (AvgIpc) is 2.74. The second kappa shape index (κ2) is 9.12. The third kappa shape index (κ3) is 5.06. The molecule has 0 saturated carbocycles. The van der Waals surface area contributed by atoms with E-state index in [9.17, 15) is 18.8 Å². The van der Waals surface area contributed by atoms with Crippen LogP contribution >= 0.6 is 11.6 Å². The van der Waals surface area contributed by atoms with Gasteiger partial charge in [-0.2, -0.15) is 0 Å². The van der Waals surface area contributed by atoms with E-state index in [1.807, 2.05) is 0 Å². The molecular formula is C22H15ClFNO4. The van der Waals surface area contributed by atoms with Crippen LogP contribution in [-0.4, -0.2) is 24.3 Å². The Morgan fingerprint density at radius 1 is 0.897 bits per heavy atom. The molecule has 3 rings (SSSR count). The fraction of sp³-hybridized carbons (Fsp3) is 0.0455. The van der Waals surface area contributed by atoms with Crippen LogP contribution < -0.4 is 5.32 Å². The van der Waals surface area contributed by atoms with E-state index < -0.39 is 24.3 Å². The molecule has 0 unspecified atom stereocenters. The van der Waals surface area contributed by atoms with Crippen molar-refractivity contribution in [2.24, 2.45) is 0 Å². The van der Waals surface area contributed by atoms with Gasteiger partial charge >= 0.3 is 5.97 Å². The van der Waals surface area contributed by atoms with Crippen LogP contribution in [0.1, 0.15) is 26.3 Å². The van der Waals surface area contributed by atoms with Gasteiger partial charge in [-0.3, -0.25) is 9.59 Å². The molecule has 0 radical (unpaired) electrons. The third-order valence-corrected chi connectivity index (χ3v) is 4.28. The number of rotatable bonds is 6. The van der Waals surface area contributed by atoms with E-state index in [1.54, 1.807) is 42.5 Å². The summed E-state index contributed by atoms with van der Waals surface area (Å²) < 4.78 is 18.1. The molecule has 7 heteroatoms. The van der Waals surface area contributed by atoms with Crippen molar-refractivity contribution in [3.05, 3.63) is 100 Å². The van der Waals surface area contributed by atoms with Gasteiger partial charge in [0.05, 0.1) is 16.3 Å². The lowest BCUT2D eigenvalue weighted by Gasteiger charge is -2.10. The van der Waals surface area contributed by atoms with Crippen molar-refractivity contribution in [2.45, 2.75) is 0 Å². The Labute approximate surface area is 171 Å². The largest absolute Gasteiger partial charge is 0.452 e. The molecule has 0 aromatic heterocycles. The first-order valence-electron chi connectivity index (χ1n) is 8.56. The van der Waals surface area contributed by atoms with Crippen LogP contribution in [0.3, 0.4) is 0 Å². The van der Waals surface area contributed by atoms with E-state index in [0.29, 0.717) is 5.56 Å². The van der Waals surface area contributed by atoms with Crippen LogP contribution in [0.25, 0.3) is 0 Å². The predicted octanol–water partition coefficient (Wildman–Crippen LogP) is 4.51. The molecule has 29 heavy (non-hydrogen) atoms. The van der Waals surface area contributed by atoms with Gasteiger partial charge in [0.25, 0.3) is 5.91 Å². The number of hydrogen-bond donors (Lipinski definition) is 1. The molecule has 146 valence electrons. The van der Waals surface area contributed by atoms with Crippen LogP contribution in [0, 0.1) is 5.82 Å². The fourth-order valence-electron chi connectivity index (χ4n) is 2.59. The zero-order chi connectivity index (χ0) is 20.8. The Morgan fingerprint density at radius 3 is 2.24 bits per heavy atom. The lowest BCUT2D eigenvalue weighted by molar-refractivity contribution is -0.119. The molecule has 0 aliphatic rings. The molecule has 0 aliphatic heterocycles. The summed E-state index contributed by atoms with van der Waals surface area (Å²) in [4.78, 5) is 37.1. The Hall–Kier alpha value is -3.51. The lowest BCUT2D eigenvalue weighted by atomic mass is 9.98. The fourth-order valence-corrected chi connectivity index (χ4v) is 2.80.